The van der Waals surface area contributed by atoms with Gasteiger partial charge in [0, 0.05) is 0 Å². The highest BCUT2D eigenvalue weighted by Gasteiger charge is 2.31. The molecule has 12 nitrogen and oxygen atoms in total. The number of nitrogens with one attached hydrogen (secondary N) is 3. The molecule has 3 amide bonds. The Labute approximate surface area is 219 Å². The number of rotatable bonds is 16. The average molecular weight is 541 g/mol. The van der Waals surface area contributed by atoms with Gasteiger partial charge in [-0.25, -0.2) is 4.79 Å². The maximum atomic E-state index is 13.0. The Morgan fingerprint density at radius 2 is 1.43 bits per heavy atom. The molecule has 0 heterocycles. The van der Waals surface area contributed by atoms with Crippen LogP contribution in [0.4, 0.5) is 0 Å². The van der Waals surface area contributed by atoms with Gasteiger partial charge in [0.25, 0.3) is 0 Å². The van der Waals surface area contributed by atoms with Gasteiger partial charge in [0.05, 0.1) is 12.5 Å². The predicted molar refractivity (Wildman–Crippen MR) is 138 cm³/mol. The number of carboxylic acid groups (broad SMARTS) is 2. The van der Waals surface area contributed by atoms with Crippen LogP contribution in [0.5, 0.6) is 5.75 Å². The molecule has 4 unspecified atom stereocenters. The fourth-order valence-electron chi connectivity index (χ4n) is 3.38. The molecule has 1 rings (SSSR count). The van der Waals surface area contributed by atoms with Crippen LogP contribution in [0.15, 0.2) is 24.3 Å². The number of phenols is 1. The number of phenolic OH excluding ortho intramolecular Hbond substituents is 1. The number of carbonyl (C=O) groups excluding carboxylic acids is 3. The van der Waals surface area contributed by atoms with Crippen molar-refractivity contribution in [3.63, 3.8) is 0 Å². The molecule has 4 atom stereocenters. The van der Waals surface area contributed by atoms with Gasteiger partial charge in [0.2, 0.25) is 17.7 Å². The van der Waals surface area contributed by atoms with E-state index >= 15 is 0 Å². The topological polar surface area (TPSA) is 208 Å². The summed E-state index contributed by atoms with van der Waals surface area (Å²) in [7, 11) is 0. The second kappa shape index (κ2) is 15.7. The highest BCUT2D eigenvalue weighted by molar-refractivity contribution is 7.98. The third-order valence-electron chi connectivity index (χ3n) is 5.31. The lowest BCUT2D eigenvalue weighted by atomic mass is 10.0. The molecular formula is C24H36N4O8S. The van der Waals surface area contributed by atoms with Gasteiger partial charge >= 0.3 is 11.9 Å². The molecule has 0 aromatic heterocycles. The Kier molecular flexibility index (Phi) is 13.5. The highest BCUT2D eigenvalue weighted by Crippen LogP contribution is 2.12. The van der Waals surface area contributed by atoms with Crippen molar-refractivity contribution in [3.05, 3.63) is 29.8 Å². The molecule has 0 aliphatic heterocycles. The first-order valence-corrected chi connectivity index (χ1v) is 13.1. The first-order valence-electron chi connectivity index (χ1n) is 11.7. The van der Waals surface area contributed by atoms with Crippen molar-refractivity contribution in [2.24, 2.45) is 11.7 Å². The minimum Gasteiger partial charge on any atom is -0.508 e. The second-order valence-electron chi connectivity index (χ2n) is 9.01. The molecule has 206 valence electrons. The van der Waals surface area contributed by atoms with E-state index in [1.807, 2.05) is 13.8 Å². The molecule has 0 saturated heterocycles. The minimum atomic E-state index is -1.56. The van der Waals surface area contributed by atoms with E-state index in [0.717, 1.165) is 0 Å². The van der Waals surface area contributed by atoms with Gasteiger partial charge < -0.3 is 37.0 Å². The maximum Gasteiger partial charge on any atom is 0.326 e. The fraction of sp³-hybridized carbons (Fsp3) is 0.542. The fourth-order valence-corrected chi connectivity index (χ4v) is 3.85. The molecule has 0 aliphatic rings. The molecule has 0 spiro atoms. The summed E-state index contributed by atoms with van der Waals surface area (Å²) in [6, 6.07) is 1.19. The quantitative estimate of drug-likeness (QED) is 0.150. The van der Waals surface area contributed by atoms with Crippen molar-refractivity contribution in [2.45, 2.75) is 63.7 Å². The number of carbonyl (C=O) groups is 5. The Morgan fingerprint density at radius 1 is 0.892 bits per heavy atom. The van der Waals surface area contributed by atoms with Crippen molar-refractivity contribution in [2.75, 3.05) is 12.0 Å². The van der Waals surface area contributed by atoms with E-state index in [9.17, 15) is 39.3 Å². The summed E-state index contributed by atoms with van der Waals surface area (Å²) in [6.45, 7) is 3.63. The van der Waals surface area contributed by atoms with Crippen LogP contribution < -0.4 is 21.7 Å². The summed E-state index contributed by atoms with van der Waals surface area (Å²) < 4.78 is 0. The van der Waals surface area contributed by atoms with Gasteiger partial charge in [-0.05, 0) is 54.9 Å². The molecule has 1 aromatic rings. The van der Waals surface area contributed by atoms with Crippen molar-refractivity contribution in [1.29, 1.82) is 0 Å². The number of aromatic hydroxyl groups is 1. The largest absolute Gasteiger partial charge is 0.508 e. The summed E-state index contributed by atoms with van der Waals surface area (Å²) in [6.07, 6.45) is 1.42. The predicted octanol–water partition coefficient (Wildman–Crippen LogP) is 0.0749. The standard InChI is InChI=1S/C24H36N4O8S/c1-13(2)10-18(27-21(32)16(25)11-14-4-6-15(29)7-5-14)22(33)28-19(12-20(30)31)23(34)26-17(24(35)36)8-9-37-3/h4-7,13,16-19,29H,8-12,25H2,1-3H3,(H,26,34)(H,27,32)(H,28,33)(H,30,31)(H,35,36). The Hall–Kier alpha value is -3.32. The monoisotopic (exact) mass is 540 g/mol. The molecule has 0 fully saturated rings. The van der Waals surface area contributed by atoms with E-state index in [1.165, 1.54) is 23.9 Å². The summed E-state index contributed by atoms with van der Waals surface area (Å²) in [5.41, 5.74) is 6.69. The van der Waals surface area contributed by atoms with Crippen LogP contribution in [0.2, 0.25) is 0 Å². The number of amides is 3. The third kappa shape index (κ3) is 12.0. The van der Waals surface area contributed by atoms with Gasteiger partial charge in [-0.3, -0.25) is 19.2 Å². The van der Waals surface area contributed by atoms with Crippen molar-refractivity contribution in [3.8, 4) is 5.75 Å². The van der Waals surface area contributed by atoms with Crippen LogP contribution in [-0.2, 0) is 30.4 Å². The number of carboxylic acids is 2. The Bertz CT molecular complexity index is 941. The lowest BCUT2D eigenvalue weighted by Gasteiger charge is -2.25. The van der Waals surface area contributed by atoms with Gasteiger partial charge in [-0.15, -0.1) is 0 Å². The number of benzene rings is 1. The summed E-state index contributed by atoms with van der Waals surface area (Å²) >= 11 is 1.38. The average Bonchev–Trinajstić information content (AvgIpc) is 2.81. The molecule has 0 bridgehead atoms. The lowest BCUT2D eigenvalue weighted by molar-refractivity contribution is -0.143. The zero-order valence-electron chi connectivity index (χ0n) is 21.1. The molecule has 37 heavy (non-hydrogen) atoms. The smallest absolute Gasteiger partial charge is 0.326 e. The van der Waals surface area contributed by atoms with Crippen LogP contribution >= 0.6 is 11.8 Å². The first-order chi connectivity index (χ1) is 17.3. The molecule has 0 aliphatic carbocycles. The molecule has 8 N–H and O–H groups in total. The lowest BCUT2D eigenvalue weighted by Crippen LogP contribution is -2.57. The molecule has 1 aromatic carbocycles. The molecule has 0 saturated carbocycles. The molecular weight excluding hydrogens is 504 g/mol. The normalized spacial score (nSPS) is 14.2. The number of nitrogens with two attached hydrogens (primary N) is 1. The third-order valence-corrected chi connectivity index (χ3v) is 5.95. The zero-order valence-corrected chi connectivity index (χ0v) is 21.9. The van der Waals surface area contributed by atoms with Crippen LogP contribution in [0, 0.1) is 5.92 Å². The molecule has 0 radical (unpaired) electrons. The van der Waals surface area contributed by atoms with Crippen LogP contribution in [0.1, 0.15) is 38.7 Å². The molecule has 13 heteroatoms. The second-order valence-corrected chi connectivity index (χ2v) is 9.99. The maximum absolute atomic E-state index is 13.0. The van der Waals surface area contributed by atoms with Gasteiger partial charge in [-0.1, -0.05) is 26.0 Å². The van der Waals surface area contributed by atoms with Crippen LogP contribution in [-0.4, -0.2) is 81.2 Å². The number of aliphatic carboxylic acids is 2. The Balaban J connectivity index is 2.96. The number of hydrogen-bond acceptors (Lipinski definition) is 8. The highest BCUT2D eigenvalue weighted by atomic mass is 32.2. The van der Waals surface area contributed by atoms with E-state index < -0.39 is 60.2 Å². The van der Waals surface area contributed by atoms with Crippen molar-refractivity contribution < 1.29 is 39.3 Å². The summed E-state index contributed by atoms with van der Waals surface area (Å²) in [5.74, 6) is -4.59. The van der Waals surface area contributed by atoms with Gasteiger partial charge in [-0.2, -0.15) is 11.8 Å². The van der Waals surface area contributed by atoms with E-state index in [0.29, 0.717) is 11.3 Å². The van der Waals surface area contributed by atoms with E-state index in [4.69, 9.17) is 5.73 Å². The van der Waals surface area contributed by atoms with Gasteiger partial charge in [0.1, 0.15) is 23.9 Å². The summed E-state index contributed by atoms with van der Waals surface area (Å²) in [5, 5.41) is 35.2. The zero-order chi connectivity index (χ0) is 28.1. The SMILES string of the molecule is CSCCC(NC(=O)C(CC(=O)O)NC(=O)C(CC(C)C)NC(=O)C(N)Cc1ccc(O)cc1)C(=O)O. The van der Waals surface area contributed by atoms with Crippen LogP contribution in [0.25, 0.3) is 0 Å². The van der Waals surface area contributed by atoms with Crippen LogP contribution in [0.3, 0.4) is 0 Å². The Morgan fingerprint density at radius 3 is 1.95 bits per heavy atom. The van der Waals surface area contributed by atoms with Crippen molar-refractivity contribution >= 4 is 41.4 Å². The van der Waals surface area contributed by atoms with Gasteiger partial charge in [0.15, 0.2) is 0 Å². The summed E-state index contributed by atoms with van der Waals surface area (Å²) in [4.78, 5) is 61.3. The van der Waals surface area contributed by atoms with E-state index in [1.54, 1.807) is 18.4 Å². The van der Waals surface area contributed by atoms with Crippen molar-refractivity contribution in [1.82, 2.24) is 16.0 Å². The number of hydrogen-bond donors (Lipinski definition) is 7. The van der Waals surface area contributed by atoms with E-state index in [-0.39, 0.29) is 30.9 Å². The number of thioether (sulfide) groups is 1. The van der Waals surface area contributed by atoms with E-state index in [2.05, 4.69) is 16.0 Å². The first kappa shape index (κ1) is 31.7. The minimum absolute atomic E-state index is 0.0564.